The summed E-state index contributed by atoms with van der Waals surface area (Å²) in [5.74, 6) is 1.33. The van der Waals surface area contributed by atoms with E-state index in [1.165, 1.54) is 5.56 Å². The molecule has 0 N–H and O–H groups in total. The molecule has 0 saturated heterocycles. The highest BCUT2D eigenvalue weighted by Gasteiger charge is 2.30. The fourth-order valence-corrected chi connectivity index (χ4v) is 3.91. The number of Topliss-reactive ketones (excluding diaryl/α,β-unsaturated/α-hetero) is 1. The Morgan fingerprint density at radius 2 is 1.69 bits per heavy atom. The summed E-state index contributed by atoms with van der Waals surface area (Å²) in [6.07, 6.45) is 1.78. The number of benzene rings is 3. The number of ether oxygens (including phenoxy) is 2. The summed E-state index contributed by atoms with van der Waals surface area (Å²) >= 11 is 12.0. The van der Waals surface area contributed by atoms with Gasteiger partial charge in [-0.05, 0) is 58.9 Å². The molecule has 32 heavy (non-hydrogen) atoms. The molecule has 1 aliphatic rings. The van der Waals surface area contributed by atoms with Gasteiger partial charge >= 0.3 is 0 Å². The lowest BCUT2D eigenvalue weighted by atomic mass is 9.86. The molecular formula is C27H24Cl2O3. The third-order valence-electron chi connectivity index (χ3n) is 5.41. The minimum absolute atomic E-state index is 0.0758. The van der Waals surface area contributed by atoms with E-state index in [9.17, 15) is 4.79 Å². The maximum absolute atomic E-state index is 12.9. The zero-order valence-corrected chi connectivity index (χ0v) is 20.0. The third kappa shape index (κ3) is 4.69. The predicted molar refractivity (Wildman–Crippen MR) is 130 cm³/mol. The molecular weight excluding hydrogens is 443 g/mol. The molecule has 1 heterocycles. The van der Waals surface area contributed by atoms with Crippen molar-refractivity contribution < 1.29 is 14.3 Å². The van der Waals surface area contributed by atoms with Crippen LogP contribution in [0.15, 0.2) is 60.4 Å². The summed E-state index contributed by atoms with van der Waals surface area (Å²) in [5.41, 5.74) is 4.51. The molecule has 4 rings (SSSR count). The molecule has 0 aromatic heterocycles. The van der Waals surface area contributed by atoms with Crippen LogP contribution in [0.5, 0.6) is 11.5 Å². The van der Waals surface area contributed by atoms with E-state index in [1.807, 2.05) is 31.2 Å². The smallest absolute Gasteiger partial charge is 0.232 e. The van der Waals surface area contributed by atoms with Crippen molar-refractivity contribution in [3.8, 4) is 11.5 Å². The molecule has 0 bridgehead atoms. The second-order valence-corrected chi connectivity index (χ2v) is 9.78. The van der Waals surface area contributed by atoms with E-state index in [4.69, 9.17) is 32.7 Å². The lowest BCUT2D eigenvalue weighted by Gasteiger charge is -2.18. The van der Waals surface area contributed by atoms with E-state index >= 15 is 0 Å². The molecule has 0 unspecified atom stereocenters. The van der Waals surface area contributed by atoms with Gasteiger partial charge in [0.25, 0.3) is 0 Å². The van der Waals surface area contributed by atoms with Crippen LogP contribution in [0.3, 0.4) is 0 Å². The van der Waals surface area contributed by atoms with Crippen molar-refractivity contribution in [2.45, 2.75) is 39.7 Å². The van der Waals surface area contributed by atoms with Crippen LogP contribution in [0.25, 0.3) is 6.08 Å². The summed E-state index contributed by atoms with van der Waals surface area (Å²) in [6.45, 7) is 8.72. The number of hydrogen-bond acceptors (Lipinski definition) is 3. The van der Waals surface area contributed by atoms with Gasteiger partial charge in [-0.1, -0.05) is 74.3 Å². The molecule has 0 amide bonds. The highest BCUT2D eigenvalue weighted by Crippen LogP contribution is 2.38. The van der Waals surface area contributed by atoms with Gasteiger partial charge in [0.2, 0.25) is 5.78 Å². The maximum atomic E-state index is 12.9. The Kier molecular flexibility index (Phi) is 6.07. The van der Waals surface area contributed by atoms with Crippen LogP contribution >= 0.6 is 23.2 Å². The van der Waals surface area contributed by atoms with E-state index in [0.29, 0.717) is 39.5 Å². The Labute approximate surface area is 198 Å². The van der Waals surface area contributed by atoms with Crippen LogP contribution in [-0.4, -0.2) is 5.78 Å². The monoisotopic (exact) mass is 466 g/mol. The van der Waals surface area contributed by atoms with E-state index in [2.05, 4.69) is 32.9 Å². The molecule has 5 heteroatoms. The van der Waals surface area contributed by atoms with Gasteiger partial charge < -0.3 is 9.47 Å². The van der Waals surface area contributed by atoms with Crippen LogP contribution in [0, 0.1) is 6.92 Å². The number of allylic oxidation sites excluding steroid dienone is 1. The number of rotatable bonds is 4. The number of aryl methyl sites for hydroxylation is 1. The third-order valence-corrected chi connectivity index (χ3v) is 6.15. The Morgan fingerprint density at radius 3 is 2.34 bits per heavy atom. The first kappa shape index (κ1) is 22.4. The van der Waals surface area contributed by atoms with Gasteiger partial charge in [0, 0.05) is 6.07 Å². The van der Waals surface area contributed by atoms with Gasteiger partial charge in [0.05, 0.1) is 15.6 Å². The zero-order valence-electron chi connectivity index (χ0n) is 18.5. The van der Waals surface area contributed by atoms with Gasteiger partial charge in [-0.15, -0.1) is 0 Å². The van der Waals surface area contributed by atoms with E-state index in [0.717, 1.165) is 16.7 Å². The van der Waals surface area contributed by atoms with Crippen LogP contribution in [-0.2, 0) is 12.0 Å². The summed E-state index contributed by atoms with van der Waals surface area (Å²) < 4.78 is 11.8. The normalized spacial score (nSPS) is 14.4. The second kappa shape index (κ2) is 8.65. The molecule has 0 radical (unpaired) electrons. The van der Waals surface area contributed by atoms with E-state index in [1.54, 1.807) is 24.3 Å². The van der Waals surface area contributed by atoms with Crippen LogP contribution in [0.4, 0.5) is 0 Å². The van der Waals surface area contributed by atoms with Gasteiger partial charge in [-0.25, -0.2) is 0 Å². The maximum Gasteiger partial charge on any atom is 0.232 e. The number of fused-ring (bicyclic) bond motifs is 1. The van der Waals surface area contributed by atoms with Crippen molar-refractivity contribution in [1.29, 1.82) is 0 Å². The Bertz CT molecular complexity index is 1220. The van der Waals surface area contributed by atoms with Gasteiger partial charge in [0.15, 0.2) is 5.76 Å². The van der Waals surface area contributed by atoms with Crippen molar-refractivity contribution in [2.24, 2.45) is 0 Å². The van der Waals surface area contributed by atoms with Crippen LogP contribution in [0.2, 0.25) is 10.0 Å². The quantitative estimate of drug-likeness (QED) is 0.368. The molecule has 0 fully saturated rings. The fraction of sp³-hybridized carbons (Fsp3) is 0.222. The summed E-state index contributed by atoms with van der Waals surface area (Å²) in [7, 11) is 0. The zero-order chi connectivity index (χ0) is 23.0. The highest BCUT2D eigenvalue weighted by atomic mass is 35.5. The lowest BCUT2D eigenvalue weighted by Crippen LogP contribution is -2.10. The Hall–Kier alpha value is -2.75. The first-order valence-electron chi connectivity index (χ1n) is 10.4. The number of carbonyl (C=O) groups excluding carboxylic acids is 1. The highest BCUT2D eigenvalue weighted by molar-refractivity contribution is 6.42. The standard InChI is InChI=1S/C27H24Cl2O3/c1-16-11-20(31-15-18-7-10-21(28)22(29)12-18)14-23-25(16)26(30)24(32-23)13-17-5-8-19(9-6-17)27(2,3)4/h5-14H,15H2,1-4H3/b24-13-. The summed E-state index contributed by atoms with van der Waals surface area (Å²) in [4.78, 5) is 12.9. The number of hydrogen-bond donors (Lipinski definition) is 0. The SMILES string of the molecule is Cc1cc(OCc2ccc(Cl)c(Cl)c2)cc2c1C(=O)/C(=C/c1ccc(C(C)(C)C)cc1)O2. The molecule has 3 aromatic rings. The number of carbonyl (C=O) groups is 1. The topological polar surface area (TPSA) is 35.5 Å². The molecule has 3 aromatic carbocycles. The minimum Gasteiger partial charge on any atom is -0.489 e. The van der Waals surface area contributed by atoms with Gasteiger partial charge in [-0.2, -0.15) is 0 Å². The molecule has 3 nitrogen and oxygen atoms in total. The van der Waals surface area contributed by atoms with Crippen LogP contribution in [0.1, 0.15) is 53.4 Å². The van der Waals surface area contributed by atoms with Crippen molar-refractivity contribution in [1.82, 2.24) is 0 Å². The van der Waals surface area contributed by atoms with Crippen molar-refractivity contribution in [2.75, 3.05) is 0 Å². The minimum atomic E-state index is -0.117. The average molecular weight is 467 g/mol. The molecule has 1 aliphatic heterocycles. The van der Waals surface area contributed by atoms with E-state index in [-0.39, 0.29) is 11.2 Å². The first-order chi connectivity index (χ1) is 15.1. The average Bonchev–Trinajstić information content (AvgIpc) is 3.04. The number of halogens is 2. The fourth-order valence-electron chi connectivity index (χ4n) is 3.59. The Balaban J connectivity index is 1.53. The van der Waals surface area contributed by atoms with Crippen LogP contribution < -0.4 is 9.47 Å². The molecule has 0 saturated carbocycles. The van der Waals surface area contributed by atoms with Gasteiger partial charge in [-0.3, -0.25) is 4.79 Å². The Morgan fingerprint density at radius 1 is 0.969 bits per heavy atom. The molecule has 0 atom stereocenters. The molecule has 164 valence electrons. The van der Waals surface area contributed by atoms with Crippen molar-refractivity contribution in [3.63, 3.8) is 0 Å². The second-order valence-electron chi connectivity index (χ2n) is 8.96. The molecule has 0 aliphatic carbocycles. The van der Waals surface area contributed by atoms with Gasteiger partial charge in [0.1, 0.15) is 18.1 Å². The molecule has 0 spiro atoms. The summed E-state index contributed by atoms with van der Waals surface area (Å²) in [5, 5.41) is 0.986. The largest absolute Gasteiger partial charge is 0.489 e. The first-order valence-corrected chi connectivity index (χ1v) is 11.1. The lowest BCUT2D eigenvalue weighted by molar-refractivity contribution is 0.101. The number of ketones is 1. The predicted octanol–water partition coefficient (Wildman–Crippen LogP) is 7.79. The van der Waals surface area contributed by atoms with Crippen molar-refractivity contribution >= 4 is 35.1 Å². The van der Waals surface area contributed by atoms with Crippen molar-refractivity contribution in [3.05, 3.63) is 98.2 Å². The summed E-state index contributed by atoms with van der Waals surface area (Å²) in [6, 6.07) is 17.1. The van der Waals surface area contributed by atoms with E-state index < -0.39 is 0 Å².